The smallest absolute Gasteiger partial charge is 0.220 e. The quantitative estimate of drug-likeness (QED) is 0.525. The molecule has 0 radical (unpaired) electrons. The van der Waals surface area contributed by atoms with Gasteiger partial charge in [-0.15, -0.1) is 0 Å². The molecule has 1 N–H and O–H groups in total. The molecule has 160 valence electrons. The number of oxazole rings is 1. The van der Waals surface area contributed by atoms with E-state index < -0.39 is 0 Å². The molecule has 0 saturated heterocycles. The van der Waals surface area contributed by atoms with Crippen LogP contribution in [0.25, 0.3) is 22.6 Å². The van der Waals surface area contributed by atoms with E-state index in [0.717, 1.165) is 34.4 Å². The molecule has 2 bridgehead atoms. The van der Waals surface area contributed by atoms with Gasteiger partial charge in [0.2, 0.25) is 5.91 Å². The number of nitrogens with zero attached hydrogens (tertiary/aromatic N) is 1. The van der Waals surface area contributed by atoms with E-state index >= 15 is 0 Å². The summed E-state index contributed by atoms with van der Waals surface area (Å²) < 4.78 is 6.16. The first-order valence-corrected chi connectivity index (χ1v) is 11.6. The average Bonchev–Trinajstić information content (AvgIpc) is 3.55. The zero-order valence-corrected chi connectivity index (χ0v) is 18.1. The number of benzene rings is 2. The number of rotatable bonds is 7. The molecule has 4 nitrogen and oxygen atoms in total. The molecule has 2 aliphatic rings. The maximum Gasteiger partial charge on any atom is 0.220 e. The van der Waals surface area contributed by atoms with E-state index in [2.05, 4.69) is 12.2 Å². The zero-order chi connectivity index (χ0) is 21.2. The molecule has 2 saturated carbocycles. The molecular weight excluding hydrogens is 384 g/mol. The van der Waals surface area contributed by atoms with Crippen molar-refractivity contribution < 1.29 is 9.21 Å². The van der Waals surface area contributed by atoms with Gasteiger partial charge < -0.3 is 9.73 Å². The molecule has 31 heavy (non-hydrogen) atoms. The SMILES string of the molecule is CC(NC(=O)CCc1nc(-c2ccccc2)c(-c2ccccc2)o1)C1CC2CCC1C2. The predicted octanol–water partition coefficient (Wildman–Crippen LogP) is 5.88. The van der Waals surface area contributed by atoms with Gasteiger partial charge in [-0.05, 0) is 43.9 Å². The van der Waals surface area contributed by atoms with Crippen molar-refractivity contribution in [2.45, 2.75) is 51.5 Å². The number of nitrogens with one attached hydrogen (secondary N) is 1. The number of fused-ring (bicyclic) bond motifs is 2. The molecule has 0 aliphatic heterocycles. The summed E-state index contributed by atoms with van der Waals surface area (Å²) in [5, 5.41) is 3.25. The molecule has 4 unspecified atom stereocenters. The number of carbonyl (C=O) groups is 1. The lowest BCUT2D eigenvalue weighted by molar-refractivity contribution is -0.122. The monoisotopic (exact) mass is 414 g/mol. The molecule has 1 amide bonds. The molecule has 5 rings (SSSR count). The normalized spacial score (nSPS) is 23.1. The van der Waals surface area contributed by atoms with Crippen LogP contribution < -0.4 is 5.32 Å². The van der Waals surface area contributed by atoms with Crippen LogP contribution in [0.1, 0.15) is 44.9 Å². The van der Waals surface area contributed by atoms with Gasteiger partial charge in [0.25, 0.3) is 0 Å². The fraction of sp³-hybridized carbons (Fsp3) is 0.407. The van der Waals surface area contributed by atoms with Gasteiger partial charge in [-0.25, -0.2) is 4.98 Å². The number of hydrogen-bond acceptors (Lipinski definition) is 3. The van der Waals surface area contributed by atoms with Crippen LogP contribution in [0.3, 0.4) is 0 Å². The van der Waals surface area contributed by atoms with Crippen LogP contribution in [-0.4, -0.2) is 16.9 Å². The molecule has 2 aromatic carbocycles. The third-order valence-electron chi connectivity index (χ3n) is 7.14. The lowest BCUT2D eigenvalue weighted by Crippen LogP contribution is -2.40. The molecule has 4 heteroatoms. The lowest BCUT2D eigenvalue weighted by atomic mass is 9.84. The standard InChI is InChI=1S/C27H30N2O2/c1-18(23-17-19-12-13-22(23)16-19)28-24(30)14-15-25-29-26(20-8-4-2-5-9-20)27(31-25)21-10-6-3-7-11-21/h2-11,18-19,22-23H,12-17H2,1H3,(H,28,30). The Morgan fingerprint density at radius 2 is 1.74 bits per heavy atom. The van der Waals surface area contributed by atoms with E-state index in [1.54, 1.807) is 0 Å². The minimum atomic E-state index is 0.0935. The minimum absolute atomic E-state index is 0.0935. The molecule has 2 aliphatic carbocycles. The van der Waals surface area contributed by atoms with Crippen molar-refractivity contribution in [2.24, 2.45) is 17.8 Å². The van der Waals surface area contributed by atoms with Crippen LogP contribution in [-0.2, 0) is 11.2 Å². The first kappa shape index (κ1) is 20.0. The van der Waals surface area contributed by atoms with Crippen molar-refractivity contribution in [1.82, 2.24) is 10.3 Å². The van der Waals surface area contributed by atoms with Crippen molar-refractivity contribution in [3.8, 4) is 22.6 Å². The number of carbonyl (C=O) groups excluding carboxylic acids is 1. The average molecular weight is 415 g/mol. The summed E-state index contributed by atoms with van der Waals surface area (Å²) in [6.45, 7) is 2.18. The highest BCUT2D eigenvalue weighted by Crippen LogP contribution is 2.49. The van der Waals surface area contributed by atoms with Crippen LogP contribution in [0.4, 0.5) is 0 Å². The van der Waals surface area contributed by atoms with Gasteiger partial charge in [0, 0.05) is 30.0 Å². The van der Waals surface area contributed by atoms with Crippen LogP contribution >= 0.6 is 0 Å². The third-order valence-corrected chi connectivity index (χ3v) is 7.14. The maximum absolute atomic E-state index is 12.6. The van der Waals surface area contributed by atoms with Gasteiger partial charge in [0.05, 0.1) is 0 Å². The lowest BCUT2D eigenvalue weighted by Gasteiger charge is -2.28. The summed E-state index contributed by atoms with van der Waals surface area (Å²) in [6.07, 6.45) is 6.28. The number of aromatic nitrogens is 1. The minimum Gasteiger partial charge on any atom is -0.440 e. The summed E-state index contributed by atoms with van der Waals surface area (Å²) in [6, 6.07) is 20.4. The highest BCUT2D eigenvalue weighted by Gasteiger charge is 2.42. The molecule has 2 fully saturated rings. The van der Waals surface area contributed by atoms with Gasteiger partial charge >= 0.3 is 0 Å². The van der Waals surface area contributed by atoms with Crippen LogP contribution in [0, 0.1) is 17.8 Å². The Morgan fingerprint density at radius 3 is 2.39 bits per heavy atom. The molecular formula is C27H30N2O2. The number of aryl methyl sites for hydroxylation is 1. The van der Waals surface area contributed by atoms with Crippen molar-refractivity contribution >= 4 is 5.91 Å². The summed E-state index contributed by atoms with van der Waals surface area (Å²) in [7, 11) is 0. The van der Waals surface area contributed by atoms with Crippen LogP contribution in [0.5, 0.6) is 0 Å². The van der Waals surface area contributed by atoms with E-state index in [1.165, 1.54) is 25.7 Å². The Balaban J connectivity index is 1.27. The second-order valence-electron chi connectivity index (χ2n) is 9.21. The molecule has 0 spiro atoms. The molecule has 1 heterocycles. The molecule has 3 aromatic rings. The van der Waals surface area contributed by atoms with Crippen molar-refractivity contribution in [3.05, 3.63) is 66.6 Å². The molecule has 1 aromatic heterocycles. The highest BCUT2D eigenvalue weighted by molar-refractivity contribution is 5.78. The van der Waals surface area contributed by atoms with E-state index in [0.29, 0.717) is 24.7 Å². The van der Waals surface area contributed by atoms with E-state index in [-0.39, 0.29) is 11.9 Å². The van der Waals surface area contributed by atoms with Crippen LogP contribution in [0.15, 0.2) is 65.1 Å². The van der Waals surface area contributed by atoms with Crippen molar-refractivity contribution in [2.75, 3.05) is 0 Å². The Morgan fingerprint density at radius 1 is 1.03 bits per heavy atom. The molecule has 4 atom stereocenters. The summed E-state index contributed by atoms with van der Waals surface area (Å²) >= 11 is 0. The van der Waals surface area contributed by atoms with Gasteiger partial charge in [-0.1, -0.05) is 67.1 Å². The van der Waals surface area contributed by atoms with E-state index in [4.69, 9.17) is 9.40 Å². The van der Waals surface area contributed by atoms with E-state index in [9.17, 15) is 4.79 Å². The van der Waals surface area contributed by atoms with E-state index in [1.807, 2.05) is 60.7 Å². The summed E-state index contributed by atoms with van der Waals surface area (Å²) in [4.78, 5) is 17.4. The van der Waals surface area contributed by atoms with Gasteiger partial charge in [0.15, 0.2) is 11.7 Å². The maximum atomic E-state index is 12.6. The Labute approximate surface area is 184 Å². The highest BCUT2D eigenvalue weighted by atomic mass is 16.4. The number of amides is 1. The Bertz CT molecular complexity index is 971. The van der Waals surface area contributed by atoms with Crippen molar-refractivity contribution in [3.63, 3.8) is 0 Å². The third kappa shape index (κ3) is 4.30. The summed E-state index contributed by atoms with van der Waals surface area (Å²) in [5.41, 5.74) is 2.85. The van der Waals surface area contributed by atoms with Crippen LogP contribution in [0.2, 0.25) is 0 Å². The first-order valence-electron chi connectivity index (χ1n) is 11.6. The topological polar surface area (TPSA) is 55.1 Å². The van der Waals surface area contributed by atoms with Gasteiger partial charge in [-0.2, -0.15) is 0 Å². The Kier molecular flexibility index (Phi) is 5.63. The second-order valence-corrected chi connectivity index (χ2v) is 9.21. The zero-order valence-electron chi connectivity index (χ0n) is 18.1. The predicted molar refractivity (Wildman–Crippen MR) is 122 cm³/mol. The fourth-order valence-electron chi connectivity index (χ4n) is 5.61. The largest absolute Gasteiger partial charge is 0.440 e. The van der Waals surface area contributed by atoms with Crippen molar-refractivity contribution in [1.29, 1.82) is 0 Å². The fourth-order valence-corrected chi connectivity index (χ4v) is 5.61. The van der Waals surface area contributed by atoms with Gasteiger partial charge in [-0.3, -0.25) is 4.79 Å². The summed E-state index contributed by atoms with van der Waals surface area (Å²) in [5.74, 6) is 3.83. The Hall–Kier alpha value is -2.88. The first-order chi connectivity index (χ1) is 15.2. The van der Waals surface area contributed by atoms with Gasteiger partial charge in [0.1, 0.15) is 5.69 Å². The second kappa shape index (κ2) is 8.70. The number of hydrogen-bond donors (Lipinski definition) is 1.